The fraction of sp³-hybridized carbons (Fsp3) is 0.500. The van der Waals surface area contributed by atoms with Gasteiger partial charge in [-0.2, -0.15) is 17.4 Å². The minimum atomic E-state index is -3.40. The average molecular weight is 272 g/mol. The van der Waals surface area contributed by atoms with E-state index in [0.29, 0.717) is 13.1 Å². The van der Waals surface area contributed by atoms with Gasteiger partial charge in [0.15, 0.2) is 0 Å². The van der Waals surface area contributed by atoms with E-state index in [1.165, 1.54) is 16.4 Å². The zero-order chi connectivity index (χ0) is 13.0. The van der Waals surface area contributed by atoms with Crippen LogP contribution in [0.3, 0.4) is 0 Å². The molecule has 1 saturated heterocycles. The molecule has 0 spiro atoms. The smallest absolute Gasteiger partial charge is 0.207 e. The van der Waals surface area contributed by atoms with Gasteiger partial charge in [0.25, 0.3) is 10.2 Å². The SMILES string of the molecule is O=S(=O)(NCc1ccc(F)cc1)N1CCCCC1. The number of hydrogen-bond donors (Lipinski definition) is 1. The molecule has 0 amide bonds. The molecule has 0 aromatic heterocycles. The van der Waals surface area contributed by atoms with Crippen LogP contribution in [0, 0.1) is 5.82 Å². The van der Waals surface area contributed by atoms with Gasteiger partial charge in [-0.25, -0.2) is 4.39 Å². The normalized spacial score (nSPS) is 17.8. The maximum absolute atomic E-state index is 12.7. The Balaban J connectivity index is 1.94. The third-order valence-corrected chi connectivity index (χ3v) is 4.58. The van der Waals surface area contributed by atoms with Crippen molar-refractivity contribution in [1.29, 1.82) is 0 Å². The van der Waals surface area contributed by atoms with Crippen molar-refractivity contribution >= 4 is 10.2 Å². The van der Waals surface area contributed by atoms with E-state index >= 15 is 0 Å². The van der Waals surface area contributed by atoms with Crippen molar-refractivity contribution < 1.29 is 12.8 Å². The van der Waals surface area contributed by atoms with Gasteiger partial charge in [0.1, 0.15) is 5.82 Å². The average Bonchev–Trinajstić information content (AvgIpc) is 2.39. The molecular weight excluding hydrogens is 255 g/mol. The molecule has 6 heteroatoms. The Morgan fingerprint density at radius 1 is 1.11 bits per heavy atom. The molecule has 0 atom stereocenters. The van der Waals surface area contributed by atoms with E-state index in [2.05, 4.69) is 4.72 Å². The number of halogens is 1. The van der Waals surface area contributed by atoms with Crippen LogP contribution in [0.4, 0.5) is 4.39 Å². The third-order valence-electron chi connectivity index (χ3n) is 3.03. The topological polar surface area (TPSA) is 49.4 Å². The van der Waals surface area contributed by atoms with Crippen molar-refractivity contribution in [3.8, 4) is 0 Å². The van der Waals surface area contributed by atoms with Crippen LogP contribution in [0.15, 0.2) is 24.3 Å². The third kappa shape index (κ3) is 3.51. The first kappa shape index (κ1) is 13.5. The molecule has 0 saturated carbocycles. The molecule has 0 unspecified atom stereocenters. The number of hydrogen-bond acceptors (Lipinski definition) is 2. The van der Waals surface area contributed by atoms with Crippen LogP contribution in [0.5, 0.6) is 0 Å². The monoisotopic (exact) mass is 272 g/mol. The van der Waals surface area contributed by atoms with Crippen LogP contribution in [0.2, 0.25) is 0 Å². The van der Waals surface area contributed by atoms with Gasteiger partial charge in [-0.05, 0) is 30.5 Å². The summed E-state index contributed by atoms with van der Waals surface area (Å²) >= 11 is 0. The van der Waals surface area contributed by atoms with Crippen LogP contribution < -0.4 is 4.72 Å². The highest BCUT2D eigenvalue weighted by Gasteiger charge is 2.22. The number of rotatable bonds is 4. The fourth-order valence-electron chi connectivity index (χ4n) is 1.97. The summed E-state index contributed by atoms with van der Waals surface area (Å²) in [5.41, 5.74) is 0.747. The molecule has 1 aliphatic rings. The molecule has 100 valence electrons. The summed E-state index contributed by atoms with van der Waals surface area (Å²) in [6, 6.07) is 5.80. The van der Waals surface area contributed by atoms with Crippen LogP contribution >= 0.6 is 0 Å². The van der Waals surface area contributed by atoms with Crippen molar-refractivity contribution in [2.75, 3.05) is 13.1 Å². The second-order valence-corrected chi connectivity index (χ2v) is 6.17. The Bertz CT molecular complexity index is 481. The standard InChI is InChI=1S/C12H17FN2O2S/c13-12-6-4-11(5-7-12)10-14-18(16,17)15-8-2-1-3-9-15/h4-7,14H,1-3,8-10H2. The van der Waals surface area contributed by atoms with Gasteiger partial charge in [-0.15, -0.1) is 0 Å². The van der Waals surface area contributed by atoms with Gasteiger partial charge in [-0.1, -0.05) is 18.6 Å². The first-order chi connectivity index (χ1) is 8.58. The van der Waals surface area contributed by atoms with Crippen LogP contribution in [-0.4, -0.2) is 25.8 Å². The quantitative estimate of drug-likeness (QED) is 0.906. The van der Waals surface area contributed by atoms with Gasteiger partial charge < -0.3 is 0 Å². The van der Waals surface area contributed by atoms with Gasteiger partial charge in [0.05, 0.1) is 0 Å². The fourth-order valence-corrected chi connectivity index (χ4v) is 3.24. The molecule has 1 fully saturated rings. The Hall–Kier alpha value is -0.980. The zero-order valence-corrected chi connectivity index (χ0v) is 10.9. The summed E-state index contributed by atoms with van der Waals surface area (Å²) in [6.45, 7) is 1.36. The predicted octanol–water partition coefficient (Wildman–Crippen LogP) is 1.65. The van der Waals surface area contributed by atoms with E-state index < -0.39 is 10.2 Å². The van der Waals surface area contributed by atoms with Crippen LogP contribution in [-0.2, 0) is 16.8 Å². The zero-order valence-electron chi connectivity index (χ0n) is 10.1. The summed E-state index contributed by atoms with van der Waals surface area (Å²) in [5, 5.41) is 0. The summed E-state index contributed by atoms with van der Waals surface area (Å²) in [4.78, 5) is 0. The minimum absolute atomic E-state index is 0.194. The highest BCUT2D eigenvalue weighted by Crippen LogP contribution is 2.12. The number of nitrogens with zero attached hydrogens (tertiary/aromatic N) is 1. The van der Waals surface area contributed by atoms with E-state index in [9.17, 15) is 12.8 Å². The Morgan fingerprint density at radius 2 is 1.72 bits per heavy atom. The molecule has 1 aliphatic heterocycles. The number of nitrogens with one attached hydrogen (secondary N) is 1. The van der Waals surface area contributed by atoms with Crippen LogP contribution in [0.1, 0.15) is 24.8 Å². The molecule has 1 aromatic rings. The predicted molar refractivity (Wildman–Crippen MR) is 67.6 cm³/mol. The largest absolute Gasteiger partial charge is 0.279 e. The van der Waals surface area contributed by atoms with Gasteiger partial charge in [0, 0.05) is 19.6 Å². The second kappa shape index (κ2) is 5.77. The lowest BCUT2D eigenvalue weighted by Gasteiger charge is -2.25. The first-order valence-corrected chi connectivity index (χ1v) is 7.51. The molecule has 0 radical (unpaired) electrons. The van der Waals surface area contributed by atoms with E-state index in [1.807, 2.05) is 0 Å². The molecule has 2 rings (SSSR count). The van der Waals surface area contributed by atoms with E-state index in [-0.39, 0.29) is 12.4 Å². The van der Waals surface area contributed by atoms with Crippen molar-refractivity contribution in [2.24, 2.45) is 0 Å². The van der Waals surface area contributed by atoms with Gasteiger partial charge in [-0.3, -0.25) is 0 Å². The molecular formula is C12H17FN2O2S. The lowest BCUT2D eigenvalue weighted by atomic mass is 10.2. The number of piperidine rings is 1. The molecule has 4 nitrogen and oxygen atoms in total. The van der Waals surface area contributed by atoms with Crippen molar-refractivity contribution in [3.63, 3.8) is 0 Å². The van der Waals surface area contributed by atoms with E-state index in [1.54, 1.807) is 12.1 Å². The molecule has 18 heavy (non-hydrogen) atoms. The van der Waals surface area contributed by atoms with E-state index in [0.717, 1.165) is 24.8 Å². The lowest BCUT2D eigenvalue weighted by molar-refractivity contribution is 0.341. The van der Waals surface area contributed by atoms with Crippen molar-refractivity contribution in [3.05, 3.63) is 35.6 Å². The summed E-state index contributed by atoms with van der Waals surface area (Å²) in [6.07, 6.45) is 2.92. The molecule has 0 bridgehead atoms. The Kier molecular flexibility index (Phi) is 4.31. The maximum Gasteiger partial charge on any atom is 0.279 e. The highest BCUT2D eigenvalue weighted by molar-refractivity contribution is 7.87. The number of benzene rings is 1. The molecule has 1 N–H and O–H groups in total. The van der Waals surface area contributed by atoms with Crippen molar-refractivity contribution in [2.45, 2.75) is 25.8 Å². The van der Waals surface area contributed by atoms with Gasteiger partial charge >= 0.3 is 0 Å². The van der Waals surface area contributed by atoms with E-state index in [4.69, 9.17) is 0 Å². The minimum Gasteiger partial charge on any atom is -0.207 e. The molecule has 1 aromatic carbocycles. The Labute approximate surface area is 107 Å². The highest BCUT2D eigenvalue weighted by atomic mass is 32.2. The Morgan fingerprint density at radius 3 is 2.33 bits per heavy atom. The maximum atomic E-state index is 12.7. The summed E-state index contributed by atoms with van der Waals surface area (Å²) < 4.78 is 40.7. The van der Waals surface area contributed by atoms with Crippen LogP contribution in [0.25, 0.3) is 0 Å². The second-order valence-electron chi connectivity index (χ2n) is 4.41. The van der Waals surface area contributed by atoms with Crippen molar-refractivity contribution in [1.82, 2.24) is 9.03 Å². The summed E-state index contributed by atoms with van der Waals surface area (Å²) in [5.74, 6) is -0.322. The lowest BCUT2D eigenvalue weighted by Crippen LogP contribution is -2.43. The molecule has 0 aliphatic carbocycles. The first-order valence-electron chi connectivity index (χ1n) is 6.07. The van der Waals surface area contributed by atoms with Gasteiger partial charge in [0.2, 0.25) is 0 Å². The molecule has 1 heterocycles. The summed E-state index contributed by atoms with van der Waals surface area (Å²) in [7, 11) is -3.40.